The van der Waals surface area contributed by atoms with Crippen LogP contribution in [0.1, 0.15) is 17.2 Å². The molecule has 1 N–H and O–H groups in total. The third-order valence-electron chi connectivity index (χ3n) is 1.92. The summed E-state index contributed by atoms with van der Waals surface area (Å²) in [5, 5.41) is 10.3. The van der Waals surface area contributed by atoms with Gasteiger partial charge in [-0.05, 0) is 30.2 Å². The number of aryl methyl sites for hydroxylation is 1. The Morgan fingerprint density at radius 1 is 1.54 bits per heavy atom. The van der Waals surface area contributed by atoms with Gasteiger partial charge in [0.25, 0.3) is 0 Å². The smallest absolute Gasteiger partial charge is 0.103 e. The molecular formula is C10H13ClO2. The van der Waals surface area contributed by atoms with Crippen LogP contribution in [0.5, 0.6) is 0 Å². The van der Waals surface area contributed by atoms with Crippen molar-refractivity contribution in [3.8, 4) is 0 Å². The number of rotatable bonds is 3. The molecule has 1 rings (SSSR count). The first-order valence-corrected chi connectivity index (χ1v) is 4.46. The summed E-state index contributed by atoms with van der Waals surface area (Å²) in [4.78, 5) is 0. The Morgan fingerprint density at radius 2 is 2.23 bits per heavy atom. The highest BCUT2D eigenvalue weighted by atomic mass is 35.5. The maximum atomic E-state index is 9.64. The standard InChI is InChI=1S/C10H13ClO2/c1-7-3-4-8(11)5-9(7)10(12)6-13-2/h3-5,10,12H,6H2,1-2H3. The number of hydrogen-bond acceptors (Lipinski definition) is 2. The molecule has 0 amide bonds. The second-order valence-electron chi connectivity index (χ2n) is 2.97. The molecule has 0 heterocycles. The van der Waals surface area contributed by atoms with Crippen LogP contribution in [0, 0.1) is 6.92 Å². The maximum Gasteiger partial charge on any atom is 0.103 e. The molecule has 13 heavy (non-hydrogen) atoms. The molecule has 0 aliphatic heterocycles. The van der Waals surface area contributed by atoms with Crippen molar-refractivity contribution in [1.82, 2.24) is 0 Å². The average Bonchev–Trinajstić information content (AvgIpc) is 2.09. The quantitative estimate of drug-likeness (QED) is 0.812. The molecule has 72 valence electrons. The van der Waals surface area contributed by atoms with E-state index < -0.39 is 6.10 Å². The minimum atomic E-state index is -0.594. The van der Waals surface area contributed by atoms with Crippen LogP contribution in [-0.4, -0.2) is 18.8 Å². The molecule has 0 fully saturated rings. The largest absolute Gasteiger partial charge is 0.386 e. The fraction of sp³-hybridized carbons (Fsp3) is 0.400. The number of ether oxygens (including phenoxy) is 1. The summed E-state index contributed by atoms with van der Waals surface area (Å²) in [5.41, 5.74) is 1.85. The summed E-state index contributed by atoms with van der Waals surface area (Å²) in [6.07, 6.45) is -0.594. The van der Waals surface area contributed by atoms with Gasteiger partial charge in [0.1, 0.15) is 6.10 Å². The lowest BCUT2D eigenvalue weighted by Gasteiger charge is -2.12. The molecule has 0 saturated heterocycles. The highest BCUT2D eigenvalue weighted by Gasteiger charge is 2.09. The van der Waals surface area contributed by atoms with Crippen molar-refractivity contribution in [2.24, 2.45) is 0 Å². The van der Waals surface area contributed by atoms with E-state index in [9.17, 15) is 5.11 Å². The Balaban J connectivity index is 2.91. The molecule has 0 radical (unpaired) electrons. The monoisotopic (exact) mass is 200 g/mol. The van der Waals surface area contributed by atoms with Gasteiger partial charge < -0.3 is 9.84 Å². The fourth-order valence-electron chi connectivity index (χ4n) is 1.22. The van der Waals surface area contributed by atoms with Gasteiger partial charge in [0.05, 0.1) is 6.61 Å². The van der Waals surface area contributed by atoms with Crippen molar-refractivity contribution in [1.29, 1.82) is 0 Å². The van der Waals surface area contributed by atoms with E-state index in [1.807, 2.05) is 13.0 Å². The van der Waals surface area contributed by atoms with Crippen LogP contribution in [0.2, 0.25) is 5.02 Å². The Hall–Kier alpha value is -0.570. The normalized spacial score (nSPS) is 12.9. The summed E-state index contributed by atoms with van der Waals surface area (Å²) < 4.78 is 4.86. The Labute approximate surface area is 83.1 Å². The van der Waals surface area contributed by atoms with Crippen LogP contribution in [-0.2, 0) is 4.74 Å². The first-order valence-electron chi connectivity index (χ1n) is 4.08. The van der Waals surface area contributed by atoms with Gasteiger partial charge in [-0.3, -0.25) is 0 Å². The third-order valence-corrected chi connectivity index (χ3v) is 2.16. The lowest BCUT2D eigenvalue weighted by Crippen LogP contribution is -2.06. The van der Waals surface area contributed by atoms with Crippen LogP contribution in [0.3, 0.4) is 0 Å². The van der Waals surface area contributed by atoms with Crippen LogP contribution >= 0.6 is 11.6 Å². The third kappa shape index (κ3) is 2.69. The molecule has 1 unspecified atom stereocenters. The maximum absolute atomic E-state index is 9.64. The molecule has 0 spiro atoms. The summed E-state index contributed by atoms with van der Waals surface area (Å²) in [7, 11) is 1.56. The zero-order valence-corrected chi connectivity index (χ0v) is 8.51. The van der Waals surface area contributed by atoms with Gasteiger partial charge in [-0.15, -0.1) is 0 Å². The molecular weight excluding hydrogens is 188 g/mol. The van der Waals surface area contributed by atoms with Crippen LogP contribution in [0.15, 0.2) is 18.2 Å². The fourth-order valence-corrected chi connectivity index (χ4v) is 1.40. The van der Waals surface area contributed by atoms with E-state index in [2.05, 4.69) is 0 Å². The number of benzene rings is 1. The molecule has 0 saturated carbocycles. The van der Waals surface area contributed by atoms with Crippen LogP contribution < -0.4 is 0 Å². The topological polar surface area (TPSA) is 29.5 Å². The van der Waals surface area contributed by atoms with Crippen molar-refractivity contribution >= 4 is 11.6 Å². The van der Waals surface area contributed by atoms with E-state index in [1.165, 1.54) is 0 Å². The van der Waals surface area contributed by atoms with Crippen LogP contribution in [0.25, 0.3) is 0 Å². The minimum absolute atomic E-state index is 0.293. The van der Waals surface area contributed by atoms with Gasteiger partial charge in [0.15, 0.2) is 0 Å². The van der Waals surface area contributed by atoms with Gasteiger partial charge in [-0.25, -0.2) is 0 Å². The second kappa shape index (κ2) is 4.61. The molecule has 0 aliphatic carbocycles. The summed E-state index contributed by atoms with van der Waals surface area (Å²) in [5.74, 6) is 0. The molecule has 0 bridgehead atoms. The number of aliphatic hydroxyl groups is 1. The van der Waals surface area contributed by atoms with E-state index in [4.69, 9.17) is 16.3 Å². The molecule has 3 heteroatoms. The zero-order chi connectivity index (χ0) is 9.84. The van der Waals surface area contributed by atoms with Crippen molar-refractivity contribution in [2.75, 3.05) is 13.7 Å². The van der Waals surface area contributed by atoms with Crippen molar-refractivity contribution in [3.63, 3.8) is 0 Å². The highest BCUT2D eigenvalue weighted by molar-refractivity contribution is 6.30. The van der Waals surface area contributed by atoms with Gasteiger partial charge in [-0.1, -0.05) is 17.7 Å². The van der Waals surface area contributed by atoms with E-state index in [1.54, 1.807) is 19.2 Å². The minimum Gasteiger partial charge on any atom is -0.386 e. The summed E-state index contributed by atoms with van der Waals surface area (Å²) in [6, 6.07) is 5.46. The number of aliphatic hydroxyl groups excluding tert-OH is 1. The van der Waals surface area contributed by atoms with Gasteiger partial charge in [0.2, 0.25) is 0 Å². The van der Waals surface area contributed by atoms with Crippen molar-refractivity contribution < 1.29 is 9.84 Å². The van der Waals surface area contributed by atoms with E-state index in [0.717, 1.165) is 11.1 Å². The molecule has 1 aromatic rings. The van der Waals surface area contributed by atoms with E-state index in [-0.39, 0.29) is 0 Å². The molecule has 1 atom stereocenters. The lowest BCUT2D eigenvalue weighted by atomic mass is 10.0. The Morgan fingerprint density at radius 3 is 2.85 bits per heavy atom. The van der Waals surface area contributed by atoms with E-state index in [0.29, 0.717) is 11.6 Å². The highest BCUT2D eigenvalue weighted by Crippen LogP contribution is 2.21. The number of hydrogen-bond donors (Lipinski definition) is 1. The summed E-state index contributed by atoms with van der Waals surface area (Å²) >= 11 is 5.81. The number of halogens is 1. The first-order chi connectivity index (χ1) is 6.15. The predicted octanol–water partition coefficient (Wildman–Crippen LogP) is 2.33. The van der Waals surface area contributed by atoms with Crippen LogP contribution in [0.4, 0.5) is 0 Å². The molecule has 1 aromatic carbocycles. The summed E-state index contributed by atoms with van der Waals surface area (Å²) in [6.45, 7) is 2.23. The predicted molar refractivity (Wildman–Crippen MR) is 53.0 cm³/mol. The average molecular weight is 201 g/mol. The molecule has 0 aromatic heterocycles. The zero-order valence-electron chi connectivity index (χ0n) is 7.75. The van der Waals surface area contributed by atoms with E-state index >= 15 is 0 Å². The van der Waals surface area contributed by atoms with Gasteiger partial charge in [0, 0.05) is 12.1 Å². The SMILES string of the molecule is COCC(O)c1cc(Cl)ccc1C. The Bertz CT molecular complexity index is 286. The van der Waals surface area contributed by atoms with Crippen molar-refractivity contribution in [2.45, 2.75) is 13.0 Å². The Kier molecular flexibility index (Phi) is 3.72. The lowest BCUT2D eigenvalue weighted by molar-refractivity contribution is 0.0640. The molecule has 2 nitrogen and oxygen atoms in total. The number of methoxy groups -OCH3 is 1. The van der Waals surface area contributed by atoms with Crippen molar-refractivity contribution in [3.05, 3.63) is 34.3 Å². The van der Waals surface area contributed by atoms with Gasteiger partial charge in [-0.2, -0.15) is 0 Å². The second-order valence-corrected chi connectivity index (χ2v) is 3.41. The molecule has 0 aliphatic rings. The first kappa shape index (κ1) is 10.5. The van der Waals surface area contributed by atoms with Gasteiger partial charge >= 0.3 is 0 Å².